The van der Waals surface area contributed by atoms with E-state index in [9.17, 15) is 4.79 Å². The minimum absolute atomic E-state index is 0.0421. The van der Waals surface area contributed by atoms with Gasteiger partial charge in [0.2, 0.25) is 0 Å². The fraction of sp³-hybridized carbons (Fsp3) is 0.533. The quantitative estimate of drug-likeness (QED) is 0.828. The Labute approximate surface area is 129 Å². The number of halogens is 1. The second kappa shape index (κ2) is 6.64. The Morgan fingerprint density at radius 3 is 2.67 bits per heavy atom. The fourth-order valence-corrected chi connectivity index (χ4v) is 2.88. The molecular weight excluding hydrogens is 292 g/mol. The standard InChI is InChI=1S/C15H19ClN2O3/c16-12-2-1-3-13(10-12)17-4-6-18(7-5-17)15(19)14-11-20-8-9-21-14/h1-3,10,14H,4-9,11H2/t14-/m1/s1. The van der Waals surface area contributed by atoms with E-state index in [0.29, 0.717) is 32.9 Å². The molecule has 2 aliphatic rings. The van der Waals surface area contributed by atoms with Crippen molar-refractivity contribution in [1.82, 2.24) is 4.90 Å². The van der Waals surface area contributed by atoms with E-state index in [1.807, 2.05) is 29.2 Å². The molecule has 0 N–H and O–H groups in total. The molecule has 1 atom stereocenters. The maximum Gasteiger partial charge on any atom is 0.254 e. The number of hydrogen-bond donors (Lipinski definition) is 0. The Morgan fingerprint density at radius 1 is 1.19 bits per heavy atom. The van der Waals surface area contributed by atoms with Crippen LogP contribution in [0, 0.1) is 0 Å². The van der Waals surface area contributed by atoms with Crippen LogP contribution in [0.25, 0.3) is 0 Å². The third-order valence-corrected chi connectivity index (χ3v) is 4.09. The van der Waals surface area contributed by atoms with E-state index in [-0.39, 0.29) is 5.91 Å². The lowest BCUT2D eigenvalue weighted by molar-refractivity contribution is -0.158. The largest absolute Gasteiger partial charge is 0.376 e. The summed E-state index contributed by atoms with van der Waals surface area (Å²) in [5.74, 6) is 0.0421. The molecule has 0 saturated carbocycles. The Hall–Kier alpha value is -1.30. The summed E-state index contributed by atoms with van der Waals surface area (Å²) in [6.07, 6.45) is -0.434. The highest BCUT2D eigenvalue weighted by molar-refractivity contribution is 6.30. The van der Waals surface area contributed by atoms with Gasteiger partial charge < -0.3 is 19.3 Å². The summed E-state index contributed by atoms with van der Waals surface area (Å²) in [6.45, 7) is 4.45. The molecule has 0 unspecified atom stereocenters. The van der Waals surface area contributed by atoms with Gasteiger partial charge in [0.15, 0.2) is 6.10 Å². The van der Waals surface area contributed by atoms with Crippen LogP contribution in [0.3, 0.4) is 0 Å². The van der Waals surface area contributed by atoms with Gasteiger partial charge in [0.05, 0.1) is 19.8 Å². The number of carbonyl (C=O) groups is 1. The summed E-state index contributed by atoms with van der Waals surface area (Å²) in [6, 6.07) is 7.81. The summed E-state index contributed by atoms with van der Waals surface area (Å²) in [5.41, 5.74) is 1.10. The SMILES string of the molecule is O=C([C@H]1COCCO1)N1CCN(c2cccc(Cl)c2)CC1. The monoisotopic (exact) mass is 310 g/mol. The van der Waals surface area contributed by atoms with Crippen LogP contribution >= 0.6 is 11.6 Å². The summed E-state index contributed by atoms with van der Waals surface area (Å²) in [5, 5.41) is 0.735. The number of benzene rings is 1. The van der Waals surface area contributed by atoms with Gasteiger partial charge in [-0.05, 0) is 18.2 Å². The highest BCUT2D eigenvalue weighted by atomic mass is 35.5. The van der Waals surface area contributed by atoms with Gasteiger partial charge in [-0.1, -0.05) is 17.7 Å². The maximum atomic E-state index is 12.3. The van der Waals surface area contributed by atoms with Crippen LogP contribution in [0.1, 0.15) is 0 Å². The van der Waals surface area contributed by atoms with Crippen molar-refractivity contribution in [2.75, 3.05) is 50.9 Å². The second-order valence-electron chi connectivity index (χ2n) is 5.23. The first-order chi connectivity index (χ1) is 10.2. The van der Waals surface area contributed by atoms with Gasteiger partial charge in [0, 0.05) is 36.9 Å². The average molecular weight is 311 g/mol. The van der Waals surface area contributed by atoms with E-state index in [2.05, 4.69) is 4.90 Å². The molecule has 5 nitrogen and oxygen atoms in total. The third kappa shape index (κ3) is 3.48. The number of hydrogen-bond acceptors (Lipinski definition) is 4. The molecule has 0 bridgehead atoms. The highest BCUT2D eigenvalue weighted by Crippen LogP contribution is 2.21. The summed E-state index contributed by atoms with van der Waals surface area (Å²) in [4.78, 5) is 16.4. The Balaban J connectivity index is 1.56. The number of nitrogens with zero attached hydrogens (tertiary/aromatic N) is 2. The molecule has 0 spiro atoms. The first-order valence-corrected chi connectivity index (χ1v) is 7.60. The molecule has 3 rings (SSSR count). The van der Waals surface area contributed by atoms with E-state index in [4.69, 9.17) is 21.1 Å². The van der Waals surface area contributed by atoms with Crippen molar-refractivity contribution in [2.45, 2.75) is 6.10 Å². The van der Waals surface area contributed by atoms with Crippen LogP contribution in [0.4, 0.5) is 5.69 Å². The average Bonchev–Trinajstić information content (AvgIpc) is 2.55. The summed E-state index contributed by atoms with van der Waals surface area (Å²) >= 11 is 6.02. The molecule has 2 saturated heterocycles. The van der Waals surface area contributed by atoms with Crippen LogP contribution in [0.5, 0.6) is 0 Å². The van der Waals surface area contributed by atoms with Crippen molar-refractivity contribution in [3.63, 3.8) is 0 Å². The van der Waals surface area contributed by atoms with E-state index < -0.39 is 6.10 Å². The summed E-state index contributed by atoms with van der Waals surface area (Å²) < 4.78 is 10.8. The fourth-order valence-electron chi connectivity index (χ4n) is 2.69. The Morgan fingerprint density at radius 2 is 2.00 bits per heavy atom. The van der Waals surface area contributed by atoms with Gasteiger partial charge in [-0.3, -0.25) is 4.79 Å². The topological polar surface area (TPSA) is 42.0 Å². The van der Waals surface area contributed by atoms with Gasteiger partial charge in [0.25, 0.3) is 5.91 Å². The Kier molecular flexibility index (Phi) is 4.63. The zero-order valence-electron chi connectivity index (χ0n) is 11.8. The molecular formula is C15H19ClN2O3. The van der Waals surface area contributed by atoms with Crippen molar-refractivity contribution >= 4 is 23.2 Å². The minimum atomic E-state index is -0.434. The lowest BCUT2D eigenvalue weighted by Gasteiger charge is -2.38. The van der Waals surface area contributed by atoms with Crippen LogP contribution < -0.4 is 4.90 Å². The van der Waals surface area contributed by atoms with Crippen molar-refractivity contribution in [3.05, 3.63) is 29.3 Å². The molecule has 2 fully saturated rings. The van der Waals surface area contributed by atoms with Gasteiger partial charge in [-0.2, -0.15) is 0 Å². The van der Waals surface area contributed by atoms with Crippen LogP contribution in [-0.4, -0.2) is 62.9 Å². The first-order valence-electron chi connectivity index (χ1n) is 7.23. The molecule has 6 heteroatoms. The van der Waals surface area contributed by atoms with Crippen molar-refractivity contribution < 1.29 is 14.3 Å². The lowest BCUT2D eigenvalue weighted by Crippen LogP contribution is -2.53. The smallest absolute Gasteiger partial charge is 0.254 e. The van der Waals surface area contributed by atoms with E-state index in [1.165, 1.54) is 0 Å². The van der Waals surface area contributed by atoms with Crippen molar-refractivity contribution in [1.29, 1.82) is 0 Å². The van der Waals surface area contributed by atoms with Gasteiger partial charge in [-0.15, -0.1) is 0 Å². The summed E-state index contributed by atoms with van der Waals surface area (Å²) in [7, 11) is 0. The van der Waals surface area contributed by atoms with Gasteiger partial charge in [0.1, 0.15) is 0 Å². The van der Waals surface area contributed by atoms with Gasteiger partial charge >= 0.3 is 0 Å². The van der Waals surface area contributed by atoms with Crippen molar-refractivity contribution in [2.24, 2.45) is 0 Å². The van der Waals surface area contributed by atoms with E-state index >= 15 is 0 Å². The van der Waals surface area contributed by atoms with Crippen LogP contribution in [0.15, 0.2) is 24.3 Å². The third-order valence-electron chi connectivity index (χ3n) is 3.86. The predicted molar refractivity (Wildman–Crippen MR) is 80.8 cm³/mol. The van der Waals surface area contributed by atoms with E-state index in [0.717, 1.165) is 23.8 Å². The first kappa shape index (κ1) is 14.6. The molecule has 1 aromatic carbocycles. The van der Waals surface area contributed by atoms with Crippen LogP contribution in [-0.2, 0) is 14.3 Å². The number of amides is 1. The second-order valence-corrected chi connectivity index (χ2v) is 5.66. The molecule has 2 aliphatic heterocycles. The normalized spacial score (nSPS) is 23.2. The zero-order chi connectivity index (χ0) is 14.7. The molecule has 0 aliphatic carbocycles. The molecule has 114 valence electrons. The molecule has 1 aromatic rings. The minimum Gasteiger partial charge on any atom is -0.376 e. The molecule has 1 amide bonds. The van der Waals surface area contributed by atoms with Crippen molar-refractivity contribution in [3.8, 4) is 0 Å². The number of ether oxygens (including phenoxy) is 2. The number of carbonyl (C=O) groups excluding carboxylic acids is 1. The number of piperazine rings is 1. The van der Waals surface area contributed by atoms with Gasteiger partial charge in [-0.25, -0.2) is 0 Å². The Bertz CT molecular complexity index is 497. The lowest BCUT2D eigenvalue weighted by atomic mass is 10.2. The zero-order valence-corrected chi connectivity index (χ0v) is 12.6. The molecule has 0 radical (unpaired) electrons. The predicted octanol–water partition coefficient (Wildman–Crippen LogP) is 1.40. The number of anilines is 1. The molecule has 21 heavy (non-hydrogen) atoms. The molecule has 0 aromatic heterocycles. The maximum absolute atomic E-state index is 12.3. The number of rotatable bonds is 2. The highest BCUT2D eigenvalue weighted by Gasteiger charge is 2.29. The van der Waals surface area contributed by atoms with E-state index in [1.54, 1.807) is 0 Å². The molecule has 2 heterocycles. The van der Waals surface area contributed by atoms with Crippen LogP contribution in [0.2, 0.25) is 5.02 Å².